The van der Waals surface area contributed by atoms with Gasteiger partial charge >= 0.3 is 0 Å². The van der Waals surface area contributed by atoms with Crippen LogP contribution in [0.25, 0.3) is 0 Å². The van der Waals surface area contributed by atoms with Crippen LogP contribution in [0.15, 0.2) is 12.2 Å². The van der Waals surface area contributed by atoms with Crippen molar-refractivity contribution in [2.45, 2.75) is 62.8 Å². The van der Waals surface area contributed by atoms with Gasteiger partial charge in [-0.25, -0.2) is 0 Å². The number of Topliss-reactive ketones (excluding diaryl/α,β-unsaturated/α-hetero) is 1. The Morgan fingerprint density at radius 1 is 1.18 bits per heavy atom. The van der Waals surface area contributed by atoms with Crippen LogP contribution in [0.2, 0.25) is 0 Å². The lowest BCUT2D eigenvalue weighted by Crippen LogP contribution is -2.62. The Bertz CT molecular complexity index is 625. The van der Waals surface area contributed by atoms with Crippen LogP contribution in [0.1, 0.15) is 45.4 Å². The maximum absolute atomic E-state index is 12.3. The molecule has 3 saturated carbocycles. The molecule has 0 radical (unpaired) electrons. The van der Waals surface area contributed by atoms with Crippen LogP contribution < -0.4 is 0 Å². The molecule has 7 atom stereocenters. The highest BCUT2D eigenvalue weighted by Crippen LogP contribution is 2.67. The maximum Gasteiger partial charge on any atom is 0.187 e. The predicted molar refractivity (Wildman–Crippen MR) is 78.0 cm³/mol. The van der Waals surface area contributed by atoms with Gasteiger partial charge < -0.3 is 9.84 Å². The van der Waals surface area contributed by atoms with E-state index in [-0.39, 0.29) is 17.1 Å². The Hall–Kier alpha value is -1.00. The SMILES string of the molecule is C[C@]12CCC3C(CC[C@]45O[C@H]4C(=O)C=C[C@]35O)C1CCC2=O. The monoisotopic (exact) mass is 302 g/mol. The van der Waals surface area contributed by atoms with Crippen LogP contribution >= 0.6 is 0 Å². The largest absolute Gasteiger partial charge is 0.382 e. The minimum Gasteiger partial charge on any atom is -0.382 e. The minimum absolute atomic E-state index is 0.000170. The number of rotatable bonds is 0. The Morgan fingerprint density at radius 2 is 2.00 bits per heavy atom. The fourth-order valence-electron chi connectivity index (χ4n) is 6.42. The summed E-state index contributed by atoms with van der Waals surface area (Å²) in [5.41, 5.74) is -1.85. The molecule has 1 aliphatic heterocycles. The Labute approximate surface area is 129 Å². The molecular formula is C18H22O4. The van der Waals surface area contributed by atoms with Gasteiger partial charge in [-0.1, -0.05) is 6.92 Å². The summed E-state index contributed by atoms with van der Waals surface area (Å²) in [4.78, 5) is 24.2. The van der Waals surface area contributed by atoms with Crippen molar-refractivity contribution in [2.24, 2.45) is 23.2 Å². The zero-order valence-corrected chi connectivity index (χ0v) is 12.9. The summed E-state index contributed by atoms with van der Waals surface area (Å²) in [6.45, 7) is 2.13. The van der Waals surface area contributed by atoms with E-state index in [1.807, 2.05) is 0 Å². The molecule has 1 spiro atoms. The van der Waals surface area contributed by atoms with Crippen LogP contribution in [0, 0.1) is 23.2 Å². The molecule has 22 heavy (non-hydrogen) atoms. The summed E-state index contributed by atoms with van der Waals surface area (Å²) in [6, 6.07) is 0. The molecule has 4 aliphatic carbocycles. The standard InChI is InChI=1S/C18H22O4/c1-16-7-5-12-10(11(16)2-3-14(16)20)4-9-18-15(22-18)13(19)6-8-17(12,18)21/h6,8,10-12,15,21H,2-5,7,9H2,1H3/t10?,11?,12?,15-,16-,17-,18-/m0/s1. The molecule has 0 aromatic heterocycles. The average Bonchev–Trinajstić information content (AvgIpc) is 3.17. The van der Waals surface area contributed by atoms with Crippen molar-refractivity contribution in [3.05, 3.63) is 12.2 Å². The summed E-state index contributed by atoms with van der Waals surface area (Å²) in [7, 11) is 0. The first-order valence-electron chi connectivity index (χ1n) is 8.59. The van der Waals surface area contributed by atoms with E-state index in [0.717, 1.165) is 32.1 Å². The number of hydrogen-bond donors (Lipinski definition) is 1. The second-order valence-corrected chi connectivity index (χ2v) is 8.28. The fourth-order valence-corrected chi connectivity index (χ4v) is 6.42. The third-order valence-corrected chi connectivity index (χ3v) is 7.69. The number of hydrogen-bond acceptors (Lipinski definition) is 4. The van der Waals surface area contributed by atoms with Crippen LogP contribution in [0.5, 0.6) is 0 Å². The number of epoxide rings is 1. The molecule has 1 saturated heterocycles. The van der Waals surface area contributed by atoms with E-state index in [2.05, 4.69) is 6.92 Å². The number of fused-ring (bicyclic) bond motifs is 4. The Balaban J connectivity index is 1.56. The van der Waals surface area contributed by atoms with E-state index in [4.69, 9.17) is 4.74 Å². The molecule has 3 unspecified atom stereocenters. The minimum atomic E-state index is -1.01. The molecule has 1 heterocycles. The fraction of sp³-hybridized carbons (Fsp3) is 0.778. The Morgan fingerprint density at radius 3 is 2.82 bits per heavy atom. The van der Waals surface area contributed by atoms with E-state index >= 15 is 0 Å². The Kier molecular flexibility index (Phi) is 2.28. The van der Waals surface area contributed by atoms with Gasteiger partial charge in [-0.15, -0.1) is 0 Å². The van der Waals surface area contributed by atoms with Crippen molar-refractivity contribution in [1.29, 1.82) is 0 Å². The van der Waals surface area contributed by atoms with Crippen molar-refractivity contribution in [2.75, 3.05) is 0 Å². The highest BCUT2D eigenvalue weighted by molar-refractivity contribution is 5.98. The van der Waals surface area contributed by atoms with Crippen LogP contribution in [-0.2, 0) is 14.3 Å². The summed E-state index contributed by atoms with van der Waals surface area (Å²) in [5.74, 6) is 1.31. The lowest BCUT2D eigenvalue weighted by Gasteiger charge is -2.55. The molecule has 4 heteroatoms. The van der Waals surface area contributed by atoms with Crippen molar-refractivity contribution in [1.82, 2.24) is 0 Å². The number of carbonyl (C=O) groups excluding carboxylic acids is 2. The quantitative estimate of drug-likeness (QED) is 0.693. The van der Waals surface area contributed by atoms with Gasteiger partial charge in [0.2, 0.25) is 0 Å². The van der Waals surface area contributed by atoms with Gasteiger partial charge in [0.15, 0.2) is 11.9 Å². The van der Waals surface area contributed by atoms with E-state index in [1.165, 1.54) is 6.08 Å². The summed E-state index contributed by atoms with van der Waals surface area (Å²) < 4.78 is 5.76. The molecule has 4 nitrogen and oxygen atoms in total. The lowest BCUT2D eigenvalue weighted by molar-refractivity contribution is -0.150. The molecule has 5 rings (SSSR count). The highest BCUT2D eigenvalue weighted by atomic mass is 16.6. The zero-order valence-electron chi connectivity index (χ0n) is 12.9. The molecule has 0 bridgehead atoms. The first-order chi connectivity index (χ1) is 10.4. The molecule has 4 fully saturated rings. The summed E-state index contributed by atoms with van der Waals surface area (Å²) in [6.07, 6.45) is 7.90. The third-order valence-electron chi connectivity index (χ3n) is 7.69. The number of carbonyl (C=O) groups is 2. The molecule has 118 valence electrons. The van der Waals surface area contributed by atoms with Gasteiger partial charge in [0, 0.05) is 11.8 Å². The van der Waals surface area contributed by atoms with E-state index in [1.54, 1.807) is 6.08 Å². The number of ketones is 2. The summed E-state index contributed by atoms with van der Waals surface area (Å²) >= 11 is 0. The van der Waals surface area contributed by atoms with Crippen LogP contribution in [0.4, 0.5) is 0 Å². The molecule has 0 aromatic rings. The predicted octanol–water partition coefficient (Wildman–Crippen LogP) is 1.80. The second-order valence-electron chi connectivity index (χ2n) is 8.28. The number of ether oxygens (including phenoxy) is 1. The smallest absolute Gasteiger partial charge is 0.187 e. The molecule has 0 aromatic carbocycles. The van der Waals surface area contributed by atoms with Crippen LogP contribution in [0.3, 0.4) is 0 Å². The van der Waals surface area contributed by atoms with Crippen molar-refractivity contribution < 1.29 is 19.4 Å². The normalized spacial score (nSPS) is 58.6. The molecular weight excluding hydrogens is 280 g/mol. The van der Waals surface area contributed by atoms with Gasteiger partial charge in [-0.05, 0) is 62.0 Å². The zero-order chi connectivity index (χ0) is 15.3. The van der Waals surface area contributed by atoms with E-state index < -0.39 is 17.3 Å². The van der Waals surface area contributed by atoms with Gasteiger partial charge in [0.25, 0.3) is 0 Å². The summed E-state index contributed by atoms with van der Waals surface area (Å²) in [5, 5.41) is 11.4. The maximum atomic E-state index is 12.3. The van der Waals surface area contributed by atoms with Crippen LogP contribution in [-0.4, -0.2) is 34.0 Å². The highest BCUT2D eigenvalue weighted by Gasteiger charge is 2.77. The first-order valence-corrected chi connectivity index (χ1v) is 8.59. The van der Waals surface area contributed by atoms with Gasteiger partial charge in [-0.3, -0.25) is 9.59 Å². The molecule has 0 amide bonds. The lowest BCUT2D eigenvalue weighted by atomic mass is 9.49. The van der Waals surface area contributed by atoms with E-state index in [9.17, 15) is 14.7 Å². The average molecular weight is 302 g/mol. The van der Waals surface area contributed by atoms with Gasteiger partial charge in [0.1, 0.15) is 17.0 Å². The van der Waals surface area contributed by atoms with Crippen molar-refractivity contribution in [3.8, 4) is 0 Å². The third kappa shape index (κ3) is 1.26. The molecule has 5 aliphatic rings. The van der Waals surface area contributed by atoms with E-state index in [0.29, 0.717) is 24.0 Å². The van der Waals surface area contributed by atoms with Crippen molar-refractivity contribution in [3.63, 3.8) is 0 Å². The molecule has 1 N–H and O–H groups in total. The first kappa shape index (κ1) is 13.4. The second kappa shape index (κ2) is 3.73. The topological polar surface area (TPSA) is 66.9 Å². The van der Waals surface area contributed by atoms with Crippen molar-refractivity contribution >= 4 is 11.6 Å². The van der Waals surface area contributed by atoms with Gasteiger partial charge in [-0.2, -0.15) is 0 Å². The van der Waals surface area contributed by atoms with Gasteiger partial charge in [0.05, 0.1) is 0 Å². The number of aliphatic hydroxyl groups is 1.